The van der Waals surface area contributed by atoms with Crippen LogP contribution in [0.3, 0.4) is 0 Å². The van der Waals surface area contributed by atoms with Crippen molar-refractivity contribution >= 4 is 5.91 Å². The molecule has 5 nitrogen and oxygen atoms in total. The maximum absolute atomic E-state index is 11.9. The van der Waals surface area contributed by atoms with Crippen LogP contribution in [0.15, 0.2) is 0 Å². The molecule has 0 saturated carbocycles. The Morgan fingerprint density at radius 1 is 1.38 bits per heavy atom. The van der Waals surface area contributed by atoms with Gasteiger partial charge in [0.1, 0.15) is 6.04 Å². The van der Waals surface area contributed by atoms with Crippen LogP contribution in [0.1, 0.15) is 19.8 Å². The van der Waals surface area contributed by atoms with Gasteiger partial charge in [-0.05, 0) is 26.3 Å². The van der Waals surface area contributed by atoms with Gasteiger partial charge in [0.25, 0.3) is 0 Å². The van der Waals surface area contributed by atoms with Crippen LogP contribution in [-0.2, 0) is 9.53 Å². The van der Waals surface area contributed by atoms with E-state index in [0.29, 0.717) is 19.3 Å². The smallest absolute Gasteiger partial charge is 0.239 e. The summed E-state index contributed by atoms with van der Waals surface area (Å²) in [6.07, 6.45) is 2.19. The predicted octanol–water partition coefficient (Wildman–Crippen LogP) is -0.768. The minimum atomic E-state index is -0.178. The number of nitrogens with one attached hydrogen (secondary N) is 3. The van der Waals surface area contributed by atoms with Crippen molar-refractivity contribution < 1.29 is 9.53 Å². The predicted molar refractivity (Wildman–Crippen MR) is 61.2 cm³/mol. The molecule has 92 valence electrons. The van der Waals surface area contributed by atoms with Gasteiger partial charge in [0.15, 0.2) is 0 Å². The second-order valence-corrected chi connectivity index (χ2v) is 4.58. The van der Waals surface area contributed by atoms with Gasteiger partial charge in [-0.15, -0.1) is 0 Å². The zero-order valence-corrected chi connectivity index (χ0v) is 9.79. The molecule has 0 aliphatic carbocycles. The van der Waals surface area contributed by atoms with Crippen LogP contribution < -0.4 is 16.0 Å². The Kier molecular flexibility index (Phi) is 4.15. The molecule has 2 aliphatic rings. The van der Waals surface area contributed by atoms with Crippen molar-refractivity contribution in [3.63, 3.8) is 0 Å². The third-order valence-corrected chi connectivity index (χ3v) is 3.33. The summed E-state index contributed by atoms with van der Waals surface area (Å²) < 4.78 is 5.28. The normalized spacial score (nSPS) is 35.7. The SMILES string of the molecule is CC1NCCCC1NC(=O)C1COCCN1. The minimum Gasteiger partial charge on any atom is -0.378 e. The molecule has 2 rings (SSSR count). The van der Waals surface area contributed by atoms with Gasteiger partial charge in [-0.1, -0.05) is 0 Å². The average Bonchev–Trinajstić information content (AvgIpc) is 2.33. The van der Waals surface area contributed by atoms with Crippen LogP contribution in [0.2, 0.25) is 0 Å². The number of morpholine rings is 1. The molecule has 3 N–H and O–H groups in total. The molecule has 2 saturated heterocycles. The molecule has 2 heterocycles. The number of hydrogen-bond donors (Lipinski definition) is 3. The lowest BCUT2D eigenvalue weighted by Gasteiger charge is -2.32. The first kappa shape index (κ1) is 11.8. The van der Waals surface area contributed by atoms with E-state index in [1.165, 1.54) is 0 Å². The standard InChI is InChI=1S/C11H21N3O2/c1-8-9(3-2-4-12-8)14-11(15)10-7-16-6-5-13-10/h8-10,12-13H,2-7H2,1H3,(H,14,15). The number of carbonyl (C=O) groups excluding carboxylic acids is 1. The molecule has 0 spiro atoms. The molecule has 0 radical (unpaired) electrons. The number of amides is 1. The number of piperidine rings is 1. The Morgan fingerprint density at radius 3 is 2.94 bits per heavy atom. The quantitative estimate of drug-likeness (QED) is 0.580. The lowest BCUT2D eigenvalue weighted by molar-refractivity contribution is -0.127. The zero-order chi connectivity index (χ0) is 11.4. The largest absolute Gasteiger partial charge is 0.378 e. The Bertz CT molecular complexity index is 241. The van der Waals surface area contributed by atoms with Gasteiger partial charge in [-0.25, -0.2) is 0 Å². The summed E-state index contributed by atoms with van der Waals surface area (Å²) in [5.41, 5.74) is 0. The van der Waals surface area contributed by atoms with Crippen LogP contribution in [0.4, 0.5) is 0 Å². The van der Waals surface area contributed by atoms with Gasteiger partial charge >= 0.3 is 0 Å². The number of carbonyl (C=O) groups is 1. The Labute approximate surface area is 96.3 Å². The minimum absolute atomic E-state index is 0.0697. The highest BCUT2D eigenvalue weighted by Gasteiger charge is 2.27. The number of ether oxygens (including phenoxy) is 1. The highest BCUT2D eigenvalue weighted by Crippen LogP contribution is 2.08. The van der Waals surface area contributed by atoms with E-state index in [9.17, 15) is 4.79 Å². The van der Waals surface area contributed by atoms with Gasteiger partial charge < -0.3 is 20.7 Å². The molecule has 16 heavy (non-hydrogen) atoms. The highest BCUT2D eigenvalue weighted by atomic mass is 16.5. The van der Waals surface area contributed by atoms with E-state index in [2.05, 4.69) is 22.9 Å². The third kappa shape index (κ3) is 2.93. The second-order valence-electron chi connectivity index (χ2n) is 4.58. The van der Waals surface area contributed by atoms with Gasteiger partial charge in [0.05, 0.1) is 13.2 Å². The number of rotatable bonds is 2. The highest BCUT2D eigenvalue weighted by molar-refractivity contribution is 5.82. The van der Waals surface area contributed by atoms with Crippen LogP contribution in [-0.4, -0.2) is 50.3 Å². The summed E-state index contributed by atoms with van der Waals surface area (Å²) >= 11 is 0. The molecule has 0 aromatic heterocycles. The molecule has 0 aromatic rings. The van der Waals surface area contributed by atoms with Crippen LogP contribution in [0.5, 0.6) is 0 Å². The first-order chi connectivity index (χ1) is 7.77. The maximum atomic E-state index is 11.9. The second kappa shape index (κ2) is 5.61. The van der Waals surface area contributed by atoms with Crippen molar-refractivity contribution in [1.29, 1.82) is 0 Å². The summed E-state index contributed by atoms with van der Waals surface area (Å²) in [4.78, 5) is 11.9. The number of hydrogen-bond acceptors (Lipinski definition) is 4. The monoisotopic (exact) mass is 227 g/mol. The van der Waals surface area contributed by atoms with Crippen LogP contribution in [0.25, 0.3) is 0 Å². The van der Waals surface area contributed by atoms with Crippen molar-refractivity contribution in [3.05, 3.63) is 0 Å². The van der Waals surface area contributed by atoms with Crippen LogP contribution >= 0.6 is 0 Å². The van der Waals surface area contributed by atoms with E-state index in [4.69, 9.17) is 4.74 Å². The topological polar surface area (TPSA) is 62.4 Å². The van der Waals surface area contributed by atoms with Gasteiger partial charge in [0, 0.05) is 18.6 Å². The lowest BCUT2D eigenvalue weighted by atomic mass is 9.99. The molecular weight excluding hydrogens is 206 g/mol. The first-order valence-corrected chi connectivity index (χ1v) is 6.12. The van der Waals surface area contributed by atoms with Gasteiger partial charge in [-0.3, -0.25) is 4.79 Å². The van der Waals surface area contributed by atoms with Crippen molar-refractivity contribution in [2.24, 2.45) is 0 Å². The lowest BCUT2D eigenvalue weighted by Crippen LogP contribution is -2.58. The Morgan fingerprint density at radius 2 is 2.25 bits per heavy atom. The summed E-state index contributed by atoms with van der Waals surface area (Å²) in [5, 5.41) is 9.63. The molecule has 3 atom stereocenters. The molecule has 0 bridgehead atoms. The van der Waals surface area contributed by atoms with Crippen molar-refractivity contribution in [2.45, 2.75) is 37.9 Å². The fraction of sp³-hybridized carbons (Fsp3) is 0.909. The van der Waals surface area contributed by atoms with Crippen LogP contribution in [0, 0.1) is 0 Å². The molecule has 3 unspecified atom stereocenters. The summed E-state index contributed by atoms with van der Waals surface area (Å²) in [5.74, 6) is 0.0697. The van der Waals surface area contributed by atoms with E-state index in [-0.39, 0.29) is 18.0 Å². The van der Waals surface area contributed by atoms with Crippen molar-refractivity contribution in [1.82, 2.24) is 16.0 Å². The van der Waals surface area contributed by atoms with Gasteiger partial charge in [0.2, 0.25) is 5.91 Å². The van der Waals surface area contributed by atoms with Crippen molar-refractivity contribution in [3.8, 4) is 0 Å². The molecular formula is C11H21N3O2. The molecule has 5 heteroatoms. The van der Waals surface area contributed by atoms with E-state index >= 15 is 0 Å². The fourth-order valence-corrected chi connectivity index (χ4v) is 2.26. The fourth-order valence-electron chi connectivity index (χ4n) is 2.26. The average molecular weight is 227 g/mol. The summed E-state index contributed by atoms with van der Waals surface area (Å²) in [6.45, 7) is 5.12. The van der Waals surface area contributed by atoms with E-state index in [1.54, 1.807) is 0 Å². The maximum Gasteiger partial charge on any atom is 0.239 e. The Balaban J connectivity index is 1.80. The molecule has 0 aromatic carbocycles. The Hall–Kier alpha value is -0.650. The zero-order valence-electron chi connectivity index (χ0n) is 9.79. The molecule has 2 aliphatic heterocycles. The van der Waals surface area contributed by atoms with E-state index < -0.39 is 0 Å². The summed E-state index contributed by atoms with van der Waals surface area (Å²) in [6, 6.07) is 0.440. The molecule has 1 amide bonds. The van der Waals surface area contributed by atoms with E-state index in [0.717, 1.165) is 25.9 Å². The van der Waals surface area contributed by atoms with Gasteiger partial charge in [-0.2, -0.15) is 0 Å². The van der Waals surface area contributed by atoms with Crippen molar-refractivity contribution in [2.75, 3.05) is 26.3 Å². The first-order valence-electron chi connectivity index (χ1n) is 6.12. The summed E-state index contributed by atoms with van der Waals surface area (Å²) in [7, 11) is 0. The third-order valence-electron chi connectivity index (χ3n) is 3.33. The molecule has 2 fully saturated rings. The van der Waals surface area contributed by atoms with E-state index in [1.807, 2.05) is 0 Å².